The number of imide groups is 2. The van der Waals surface area contributed by atoms with Gasteiger partial charge in [-0.15, -0.1) is 6.58 Å². The first-order chi connectivity index (χ1) is 12.8. The Morgan fingerprint density at radius 1 is 1.19 bits per heavy atom. The monoisotopic (exact) mass is 370 g/mol. The zero-order valence-electron chi connectivity index (χ0n) is 14.7. The first-order valence-electron chi connectivity index (χ1n) is 8.34. The fourth-order valence-electron chi connectivity index (χ4n) is 3.16. The molecule has 1 aromatic carbocycles. The molecule has 0 radical (unpaired) electrons. The van der Waals surface area contributed by atoms with Gasteiger partial charge < -0.3 is 10.2 Å². The lowest BCUT2D eigenvalue weighted by molar-refractivity contribution is -0.143. The Morgan fingerprint density at radius 2 is 1.85 bits per heavy atom. The number of hydrogen-bond donors (Lipinski definition) is 1. The molecule has 1 fully saturated rings. The van der Waals surface area contributed by atoms with E-state index in [0.29, 0.717) is 16.3 Å². The highest BCUT2D eigenvalue weighted by Crippen LogP contribution is 2.31. The predicted molar refractivity (Wildman–Crippen MR) is 95.7 cm³/mol. The number of amides is 6. The molecule has 0 aromatic heterocycles. The van der Waals surface area contributed by atoms with E-state index in [9.17, 15) is 24.0 Å². The summed E-state index contributed by atoms with van der Waals surface area (Å²) in [6.07, 6.45) is 1.38. The van der Waals surface area contributed by atoms with Crippen molar-refractivity contribution in [3.05, 3.63) is 36.9 Å². The quantitative estimate of drug-likeness (QED) is 0.478. The summed E-state index contributed by atoms with van der Waals surface area (Å²) in [5, 5.41) is 2.73. The van der Waals surface area contributed by atoms with Crippen molar-refractivity contribution < 1.29 is 24.0 Å². The van der Waals surface area contributed by atoms with Gasteiger partial charge in [-0.25, -0.2) is 9.69 Å². The Hall–Kier alpha value is -3.49. The van der Waals surface area contributed by atoms with Crippen molar-refractivity contribution in [3.8, 4) is 0 Å². The lowest BCUT2D eigenvalue weighted by Crippen LogP contribution is -2.47. The van der Waals surface area contributed by atoms with Crippen LogP contribution in [-0.4, -0.2) is 58.6 Å². The molecule has 2 heterocycles. The van der Waals surface area contributed by atoms with E-state index in [2.05, 4.69) is 11.9 Å². The molecule has 0 bridgehead atoms. The molecule has 1 atom stereocenters. The van der Waals surface area contributed by atoms with E-state index in [4.69, 9.17) is 0 Å². The van der Waals surface area contributed by atoms with Gasteiger partial charge in [0.25, 0.3) is 0 Å². The fraction of sp³-hybridized carbons (Fsp3) is 0.278. The first kappa shape index (κ1) is 18.3. The van der Waals surface area contributed by atoms with Crippen LogP contribution in [-0.2, 0) is 19.2 Å². The summed E-state index contributed by atoms with van der Waals surface area (Å²) in [4.78, 5) is 64.0. The van der Waals surface area contributed by atoms with Crippen LogP contribution in [0.5, 0.6) is 0 Å². The minimum absolute atomic E-state index is 0.0594. The number of carbonyl (C=O) groups excluding carboxylic acids is 5. The number of nitrogens with zero attached hydrogens (tertiary/aromatic N) is 3. The summed E-state index contributed by atoms with van der Waals surface area (Å²) >= 11 is 0. The largest absolute Gasteiger partial charge is 0.335 e. The third-order valence-electron chi connectivity index (χ3n) is 4.37. The molecule has 1 aromatic rings. The van der Waals surface area contributed by atoms with Crippen molar-refractivity contribution in [1.82, 2.24) is 9.80 Å². The van der Waals surface area contributed by atoms with Gasteiger partial charge in [-0.05, 0) is 19.1 Å². The zero-order valence-corrected chi connectivity index (χ0v) is 14.7. The molecular weight excluding hydrogens is 352 g/mol. The van der Waals surface area contributed by atoms with Gasteiger partial charge in [0.1, 0.15) is 6.54 Å². The molecule has 3 rings (SSSR count). The lowest BCUT2D eigenvalue weighted by Gasteiger charge is -2.29. The minimum Gasteiger partial charge on any atom is -0.324 e. The van der Waals surface area contributed by atoms with Gasteiger partial charge in [-0.1, -0.05) is 18.2 Å². The smallest absolute Gasteiger partial charge is 0.324 e. The molecular formula is C18H18N4O5. The molecule has 0 aliphatic carbocycles. The highest BCUT2D eigenvalue weighted by molar-refractivity contribution is 6.45. The summed E-state index contributed by atoms with van der Waals surface area (Å²) in [6.45, 7) is 4.43. The SMILES string of the molecule is C=CCN1C(=O)C(=O)N(CC(=O)N2c3ccccc3NC(=O)C[C@@H]2C)C1=O. The maximum Gasteiger partial charge on any atom is 0.335 e. The minimum atomic E-state index is -1.06. The summed E-state index contributed by atoms with van der Waals surface area (Å²) in [6, 6.07) is 5.41. The average molecular weight is 370 g/mol. The Bertz CT molecular complexity index is 865. The van der Waals surface area contributed by atoms with E-state index < -0.39 is 36.3 Å². The normalized spacial score (nSPS) is 19.7. The van der Waals surface area contributed by atoms with Gasteiger partial charge in [0, 0.05) is 19.0 Å². The molecule has 1 saturated heterocycles. The number of carbonyl (C=O) groups is 5. The maximum atomic E-state index is 12.9. The van der Waals surface area contributed by atoms with E-state index >= 15 is 0 Å². The Labute approximate surface area is 155 Å². The van der Waals surface area contributed by atoms with Crippen molar-refractivity contribution in [1.29, 1.82) is 0 Å². The number of hydrogen-bond acceptors (Lipinski definition) is 5. The second kappa shape index (κ2) is 7.02. The van der Waals surface area contributed by atoms with Crippen LogP contribution in [0.3, 0.4) is 0 Å². The highest BCUT2D eigenvalue weighted by atomic mass is 16.2. The lowest BCUT2D eigenvalue weighted by atomic mass is 10.1. The average Bonchev–Trinajstić information content (AvgIpc) is 2.75. The van der Waals surface area contributed by atoms with Gasteiger partial charge >= 0.3 is 17.8 Å². The molecule has 0 unspecified atom stereocenters. The van der Waals surface area contributed by atoms with Crippen molar-refractivity contribution in [2.45, 2.75) is 19.4 Å². The second-order valence-corrected chi connectivity index (χ2v) is 6.26. The predicted octanol–water partition coefficient (Wildman–Crippen LogP) is 0.727. The molecule has 9 heteroatoms. The van der Waals surface area contributed by atoms with Crippen molar-refractivity contribution >= 4 is 41.0 Å². The van der Waals surface area contributed by atoms with E-state index in [-0.39, 0.29) is 18.9 Å². The van der Waals surface area contributed by atoms with Crippen LogP contribution >= 0.6 is 0 Å². The first-order valence-corrected chi connectivity index (χ1v) is 8.34. The van der Waals surface area contributed by atoms with Crippen LogP contribution in [0.1, 0.15) is 13.3 Å². The number of benzene rings is 1. The second-order valence-electron chi connectivity index (χ2n) is 6.26. The summed E-state index contributed by atoms with van der Waals surface area (Å²) in [5.74, 6) is -2.86. The topological polar surface area (TPSA) is 107 Å². The van der Waals surface area contributed by atoms with Gasteiger partial charge in [0.05, 0.1) is 11.4 Å². The summed E-state index contributed by atoms with van der Waals surface area (Å²) in [7, 11) is 0. The summed E-state index contributed by atoms with van der Waals surface area (Å²) < 4.78 is 0. The van der Waals surface area contributed by atoms with Crippen LogP contribution in [0.4, 0.5) is 16.2 Å². The Morgan fingerprint density at radius 3 is 2.56 bits per heavy atom. The molecule has 6 amide bonds. The fourth-order valence-corrected chi connectivity index (χ4v) is 3.16. The summed E-state index contributed by atoms with van der Waals surface area (Å²) in [5.41, 5.74) is 0.929. The van der Waals surface area contributed by atoms with Crippen LogP contribution in [0, 0.1) is 0 Å². The molecule has 1 N–H and O–H groups in total. The van der Waals surface area contributed by atoms with Crippen LogP contribution in [0.25, 0.3) is 0 Å². The standard InChI is InChI=1S/C18H18N4O5/c1-3-8-20-16(25)17(26)21(18(20)27)10-15(24)22-11(2)9-14(23)19-12-6-4-5-7-13(12)22/h3-7,11H,1,8-10H2,2H3,(H,19,23)/t11-/m0/s1. The Balaban J connectivity index is 1.88. The van der Waals surface area contributed by atoms with Crippen LogP contribution in [0.15, 0.2) is 36.9 Å². The van der Waals surface area contributed by atoms with Gasteiger partial charge in [0.2, 0.25) is 11.8 Å². The van der Waals surface area contributed by atoms with Crippen LogP contribution in [0.2, 0.25) is 0 Å². The van der Waals surface area contributed by atoms with Gasteiger partial charge in [-0.3, -0.25) is 24.1 Å². The molecule has 2 aliphatic rings. The number of fused-ring (bicyclic) bond motifs is 1. The van der Waals surface area contributed by atoms with E-state index in [1.807, 2.05) is 0 Å². The number of para-hydroxylation sites is 2. The number of rotatable bonds is 4. The molecule has 0 saturated carbocycles. The molecule has 0 spiro atoms. The highest BCUT2D eigenvalue weighted by Gasteiger charge is 2.45. The van der Waals surface area contributed by atoms with Crippen molar-refractivity contribution in [2.75, 3.05) is 23.3 Å². The third-order valence-corrected chi connectivity index (χ3v) is 4.37. The number of nitrogens with one attached hydrogen (secondary N) is 1. The van der Waals surface area contributed by atoms with Crippen molar-refractivity contribution in [3.63, 3.8) is 0 Å². The number of anilines is 2. The molecule has 140 valence electrons. The molecule has 27 heavy (non-hydrogen) atoms. The van der Waals surface area contributed by atoms with Crippen LogP contribution < -0.4 is 10.2 Å². The van der Waals surface area contributed by atoms with E-state index in [1.165, 1.54) is 11.0 Å². The maximum absolute atomic E-state index is 12.9. The third kappa shape index (κ3) is 3.19. The number of urea groups is 1. The Kier molecular flexibility index (Phi) is 4.76. The molecule has 2 aliphatic heterocycles. The van der Waals surface area contributed by atoms with E-state index in [0.717, 1.165) is 4.90 Å². The zero-order chi connectivity index (χ0) is 19.7. The van der Waals surface area contributed by atoms with Gasteiger partial charge in [-0.2, -0.15) is 0 Å². The van der Waals surface area contributed by atoms with Gasteiger partial charge in [0.15, 0.2) is 0 Å². The van der Waals surface area contributed by atoms with Crippen molar-refractivity contribution in [2.24, 2.45) is 0 Å². The molecule has 9 nitrogen and oxygen atoms in total. The van der Waals surface area contributed by atoms with E-state index in [1.54, 1.807) is 31.2 Å².